The normalized spacial score (nSPS) is 18.7. The van der Waals surface area contributed by atoms with Crippen LogP contribution in [0, 0.1) is 12.7 Å². The molecule has 1 aliphatic heterocycles. The number of carbonyl (C=O) groups excluding carboxylic acids is 1. The predicted molar refractivity (Wildman–Crippen MR) is 98.9 cm³/mol. The number of nitrogens with zero attached hydrogens (tertiary/aromatic N) is 1. The second-order valence-electron chi connectivity index (χ2n) is 6.81. The highest BCUT2D eigenvalue weighted by Gasteiger charge is 2.63. The molecule has 4 nitrogen and oxygen atoms in total. The van der Waals surface area contributed by atoms with Gasteiger partial charge in [0.25, 0.3) is 12.0 Å². The number of rotatable bonds is 4. The Hall–Kier alpha value is -2.75. The second kappa shape index (κ2) is 8.07. The van der Waals surface area contributed by atoms with Gasteiger partial charge in [-0.05, 0) is 42.3 Å². The lowest BCUT2D eigenvalue weighted by Gasteiger charge is -2.30. The standard InChI is InChI=1S/C20H14ClF6NO3/c1-9-5-10(3-4-12(9)18(29)30-2)15-8-19(31-28-15,20(25,26)27)14-7-11(21)6-13(16(14)22)17(23)24/h3-7,17H,8H2,1-2H3. The first kappa shape index (κ1) is 22.9. The van der Waals surface area contributed by atoms with Gasteiger partial charge >= 0.3 is 12.1 Å². The Kier molecular flexibility index (Phi) is 5.96. The van der Waals surface area contributed by atoms with Gasteiger partial charge in [0.15, 0.2) is 0 Å². The summed E-state index contributed by atoms with van der Waals surface area (Å²) in [5.74, 6) is -2.41. The van der Waals surface area contributed by atoms with Crippen LogP contribution in [0.1, 0.15) is 45.5 Å². The molecule has 31 heavy (non-hydrogen) atoms. The van der Waals surface area contributed by atoms with Crippen LogP contribution in [0.5, 0.6) is 0 Å². The largest absolute Gasteiger partial charge is 0.465 e. The van der Waals surface area contributed by atoms with Gasteiger partial charge in [0.1, 0.15) is 5.82 Å². The van der Waals surface area contributed by atoms with Crippen molar-refractivity contribution in [1.82, 2.24) is 0 Å². The van der Waals surface area contributed by atoms with Crippen molar-refractivity contribution in [1.29, 1.82) is 0 Å². The van der Waals surface area contributed by atoms with Crippen LogP contribution < -0.4 is 0 Å². The average molecular weight is 466 g/mol. The molecule has 0 N–H and O–H groups in total. The van der Waals surface area contributed by atoms with E-state index in [4.69, 9.17) is 16.4 Å². The van der Waals surface area contributed by atoms with Crippen molar-refractivity contribution in [2.24, 2.45) is 5.16 Å². The summed E-state index contributed by atoms with van der Waals surface area (Å²) in [6.07, 6.45) is -9.60. The van der Waals surface area contributed by atoms with Gasteiger partial charge in [-0.3, -0.25) is 0 Å². The second-order valence-corrected chi connectivity index (χ2v) is 7.25. The molecule has 166 valence electrons. The van der Waals surface area contributed by atoms with Crippen LogP contribution in [0.3, 0.4) is 0 Å². The van der Waals surface area contributed by atoms with Crippen molar-refractivity contribution in [2.45, 2.75) is 31.5 Å². The first-order chi connectivity index (χ1) is 14.4. The van der Waals surface area contributed by atoms with Gasteiger partial charge in [0.05, 0.1) is 30.4 Å². The molecule has 0 fully saturated rings. The van der Waals surface area contributed by atoms with Crippen LogP contribution in [0.4, 0.5) is 26.3 Å². The number of carbonyl (C=O) groups is 1. The Labute approximate surface area is 177 Å². The Morgan fingerprint density at radius 2 is 1.94 bits per heavy atom. The molecule has 0 amide bonds. The summed E-state index contributed by atoms with van der Waals surface area (Å²) in [6, 6.07) is 5.20. The lowest BCUT2D eigenvalue weighted by atomic mass is 9.85. The monoisotopic (exact) mass is 465 g/mol. The van der Waals surface area contributed by atoms with E-state index in [1.54, 1.807) is 0 Å². The Bertz CT molecular complexity index is 1070. The van der Waals surface area contributed by atoms with Crippen LogP contribution in [0.15, 0.2) is 35.5 Å². The number of oxime groups is 1. The Morgan fingerprint density at radius 1 is 1.26 bits per heavy atom. The minimum Gasteiger partial charge on any atom is -0.465 e. The molecule has 0 bridgehead atoms. The molecule has 2 aromatic carbocycles. The van der Waals surface area contributed by atoms with E-state index in [0.29, 0.717) is 17.7 Å². The number of ether oxygens (including phenoxy) is 1. The van der Waals surface area contributed by atoms with Crippen LogP contribution in [-0.4, -0.2) is 25.0 Å². The number of hydrogen-bond donors (Lipinski definition) is 0. The summed E-state index contributed by atoms with van der Waals surface area (Å²) in [5, 5.41) is 2.96. The third-order valence-electron chi connectivity index (χ3n) is 4.89. The molecule has 0 spiro atoms. The maximum atomic E-state index is 14.7. The van der Waals surface area contributed by atoms with E-state index < -0.39 is 52.6 Å². The summed E-state index contributed by atoms with van der Waals surface area (Å²) < 4.78 is 87.8. The maximum Gasteiger partial charge on any atom is 0.435 e. The number of halogens is 7. The summed E-state index contributed by atoms with van der Waals surface area (Å²) >= 11 is 5.69. The van der Waals surface area contributed by atoms with Gasteiger partial charge in [-0.25, -0.2) is 18.0 Å². The smallest absolute Gasteiger partial charge is 0.435 e. The van der Waals surface area contributed by atoms with Crippen molar-refractivity contribution in [2.75, 3.05) is 7.11 Å². The molecule has 1 unspecified atom stereocenters. The zero-order valence-corrected chi connectivity index (χ0v) is 16.7. The van der Waals surface area contributed by atoms with E-state index in [9.17, 15) is 31.1 Å². The quantitative estimate of drug-likeness (QED) is 0.405. The molecule has 1 heterocycles. The first-order valence-electron chi connectivity index (χ1n) is 8.70. The maximum absolute atomic E-state index is 14.7. The third kappa shape index (κ3) is 3.96. The Balaban J connectivity index is 2.08. The molecule has 0 saturated heterocycles. The van der Waals surface area contributed by atoms with E-state index in [1.807, 2.05) is 0 Å². The van der Waals surface area contributed by atoms with E-state index in [0.717, 1.165) is 0 Å². The highest BCUT2D eigenvalue weighted by Crippen LogP contribution is 2.51. The number of aryl methyl sites for hydroxylation is 1. The fraction of sp³-hybridized carbons (Fsp3) is 0.300. The van der Waals surface area contributed by atoms with E-state index in [2.05, 4.69) is 9.89 Å². The Morgan fingerprint density at radius 3 is 2.48 bits per heavy atom. The number of methoxy groups -OCH3 is 1. The topological polar surface area (TPSA) is 47.9 Å². The number of esters is 1. The lowest BCUT2D eigenvalue weighted by molar-refractivity contribution is -0.276. The summed E-state index contributed by atoms with van der Waals surface area (Å²) in [6.45, 7) is 1.54. The lowest BCUT2D eigenvalue weighted by Crippen LogP contribution is -2.43. The van der Waals surface area contributed by atoms with Gasteiger partial charge in [-0.1, -0.05) is 22.8 Å². The zero-order chi connectivity index (χ0) is 23.1. The molecule has 1 aliphatic rings. The molecule has 11 heteroatoms. The average Bonchev–Trinajstić information content (AvgIpc) is 3.15. The van der Waals surface area contributed by atoms with Gasteiger partial charge in [0.2, 0.25) is 0 Å². The van der Waals surface area contributed by atoms with Gasteiger partial charge in [-0.2, -0.15) is 13.2 Å². The van der Waals surface area contributed by atoms with Crippen molar-refractivity contribution < 1.29 is 40.7 Å². The minimum atomic E-state index is -5.22. The highest BCUT2D eigenvalue weighted by molar-refractivity contribution is 6.30. The zero-order valence-electron chi connectivity index (χ0n) is 16.0. The van der Waals surface area contributed by atoms with Crippen molar-refractivity contribution in [3.63, 3.8) is 0 Å². The van der Waals surface area contributed by atoms with Crippen molar-refractivity contribution >= 4 is 23.3 Å². The third-order valence-corrected chi connectivity index (χ3v) is 5.10. The van der Waals surface area contributed by atoms with Gasteiger partial charge < -0.3 is 9.57 Å². The van der Waals surface area contributed by atoms with Crippen LogP contribution in [0.2, 0.25) is 5.02 Å². The molecule has 0 saturated carbocycles. The van der Waals surface area contributed by atoms with Crippen LogP contribution >= 0.6 is 11.6 Å². The molecular weight excluding hydrogens is 452 g/mol. The fourth-order valence-corrected chi connectivity index (χ4v) is 3.51. The van der Waals surface area contributed by atoms with E-state index in [-0.39, 0.29) is 16.8 Å². The molecule has 3 rings (SSSR count). The number of benzene rings is 2. The van der Waals surface area contributed by atoms with Crippen molar-refractivity contribution in [3.8, 4) is 0 Å². The molecule has 1 atom stereocenters. The summed E-state index contributed by atoms with van der Waals surface area (Å²) in [7, 11) is 1.18. The number of alkyl halides is 5. The van der Waals surface area contributed by atoms with Crippen molar-refractivity contribution in [3.05, 3.63) is 69.0 Å². The first-order valence-corrected chi connectivity index (χ1v) is 9.07. The molecular formula is C20H14ClF6NO3. The van der Waals surface area contributed by atoms with E-state index in [1.165, 1.54) is 32.2 Å². The SMILES string of the molecule is COC(=O)c1ccc(C2=NOC(c3cc(Cl)cc(C(F)F)c3F)(C(F)(F)F)C2)cc1C. The molecule has 0 aromatic heterocycles. The van der Waals surface area contributed by atoms with Crippen LogP contribution in [0.25, 0.3) is 0 Å². The number of hydrogen-bond acceptors (Lipinski definition) is 4. The molecule has 2 aromatic rings. The minimum absolute atomic E-state index is 0.174. The van der Waals surface area contributed by atoms with E-state index >= 15 is 0 Å². The molecule has 0 radical (unpaired) electrons. The highest BCUT2D eigenvalue weighted by atomic mass is 35.5. The molecule has 0 aliphatic carbocycles. The van der Waals surface area contributed by atoms with Crippen LogP contribution in [-0.2, 0) is 15.2 Å². The summed E-state index contributed by atoms with van der Waals surface area (Å²) in [5.41, 5.74) is -5.27. The fourth-order valence-electron chi connectivity index (χ4n) is 3.28. The predicted octanol–water partition coefficient (Wildman–Crippen LogP) is 6.09. The van der Waals surface area contributed by atoms with Gasteiger partial charge in [-0.15, -0.1) is 0 Å². The summed E-state index contributed by atoms with van der Waals surface area (Å²) in [4.78, 5) is 16.4. The van der Waals surface area contributed by atoms with Gasteiger partial charge in [0, 0.05) is 10.6 Å².